The van der Waals surface area contributed by atoms with Gasteiger partial charge in [-0.3, -0.25) is 9.59 Å². The molecule has 5 heteroatoms. The van der Waals surface area contributed by atoms with E-state index in [0.29, 0.717) is 6.54 Å². The molecule has 0 bridgehead atoms. The molecule has 1 aliphatic rings. The number of amides is 1. The molecule has 5 nitrogen and oxygen atoms in total. The van der Waals surface area contributed by atoms with Crippen LogP contribution in [0.3, 0.4) is 0 Å². The zero-order valence-corrected chi connectivity index (χ0v) is 9.89. The van der Waals surface area contributed by atoms with Gasteiger partial charge in [0.2, 0.25) is 5.91 Å². The molecular formula is C12H17NO4. The number of ether oxygens (including phenoxy) is 1. The van der Waals surface area contributed by atoms with Gasteiger partial charge in [-0.1, -0.05) is 12.8 Å². The predicted octanol–water partition coefficient (Wildman–Crippen LogP) is 0.348. The molecular weight excluding hydrogens is 222 g/mol. The summed E-state index contributed by atoms with van der Waals surface area (Å²) in [5.74, 6) is 0.518. The Kier molecular flexibility index (Phi) is 4.98. The van der Waals surface area contributed by atoms with Gasteiger partial charge in [-0.05, 0) is 6.42 Å². The molecule has 1 N–H and O–H groups in total. The molecule has 2 atom stereocenters. The Bertz CT molecular complexity index is 334. The fourth-order valence-electron chi connectivity index (χ4n) is 1.99. The van der Waals surface area contributed by atoms with E-state index >= 15 is 0 Å². The van der Waals surface area contributed by atoms with Crippen molar-refractivity contribution in [3.63, 3.8) is 0 Å². The summed E-state index contributed by atoms with van der Waals surface area (Å²) in [4.78, 5) is 24.4. The smallest absolute Gasteiger partial charge is 0.311 e. The Morgan fingerprint density at radius 3 is 2.76 bits per heavy atom. The summed E-state index contributed by atoms with van der Waals surface area (Å²) in [5, 5.41) is 9.05. The van der Waals surface area contributed by atoms with Crippen molar-refractivity contribution in [1.29, 1.82) is 0 Å². The monoisotopic (exact) mass is 239 g/mol. The maximum absolute atomic E-state index is 11.8. The van der Waals surface area contributed by atoms with Crippen molar-refractivity contribution in [2.75, 3.05) is 19.8 Å². The number of carbonyl (C=O) groups is 2. The molecule has 1 saturated heterocycles. The van der Waals surface area contributed by atoms with Crippen LogP contribution in [-0.4, -0.2) is 47.7 Å². The summed E-state index contributed by atoms with van der Waals surface area (Å²) in [6.45, 7) is 2.87. The third kappa shape index (κ3) is 3.21. The van der Waals surface area contributed by atoms with Crippen molar-refractivity contribution in [3.05, 3.63) is 0 Å². The minimum absolute atomic E-state index is 0.00282. The predicted molar refractivity (Wildman–Crippen MR) is 61.2 cm³/mol. The molecule has 1 aliphatic heterocycles. The number of nitrogens with zero attached hydrogens (tertiary/aromatic N) is 1. The highest BCUT2D eigenvalue weighted by atomic mass is 16.5. The molecule has 0 aromatic rings. The Morgan fingerprint density at radius 2 is 2.24 bits per heavy atom. The van der Waals surface area contributed by atoms with E-state index in [-0.39, 0.29) is 25.5 Å². The molecule has 0 saturated carbocycles. The molecule has 1 heterocycles. The number of hydrogen-bond donors (Lipinski definition) is 1. The fraction of sp³-hybridized carbons (Fsp3) is 0.667. The average Bonchev–Trinajstić information content (AvgIpc) is 2.74. The van der Waals surface area contributed by atoms with Crippen LogP contribution in [0, 0.1) is 18.3 Å². The third-order valence-electron chi connectivity index (χ3n) is 2.81. The van der Waals surface area contributed by atoms with E-state index < -0.39 is 17.9 Å². The molecule has 0 spiro atoms. The lowest BCUT2D eigenvalue weighted by atomic mass is 10.0. The highest BCUT2D eigenvalue weighted by Crippen LogP contribution is 2.21. The SMILES string of the molecule is C#CCC(=O)N(CCC)C1COCC1C(=O)O. The number of carboxylic acid groups (broad SMARTS) is 1. The van der Waals surface area contributed by atoms with E-state index in [1.807, 2.05) is 6.92 Å². The summed E-state index contributed by atoms with van der Waals surface area (Å²) in [6, 6.07) is -0.395. The van der Waals surface area contributed by atoms with Crippen molar-refractivity contribution in [1.82, 2.24) is 4.90 Å². The van der Waals surface area contributed by atoms with E-state index in [1.54, 1.807) is 4.90 Å². The topological polar surface area (TPSA) is 66.8 Å². The summed E-state index contributed by atoms with van der Waals surface area (Å²) in [6.07, 6.45) is 5.88. The van der Waals surface area contributed by atoms with Crippen molar-refractivity contribution in [2.45, 2.75) is 25.8 Å². The summed E-state index contributed by atoms with van der Waals surface area (Å²) >= 11 is 0. The molecule has 0 aromatic carbocycles. The fourth-order valence-corrected chi connectivity index (χ4v) is 1.99. The zero-order valence-electron chi connectivity index (χ0n) is 9.89. The Labute approximate surface area is 101 Å². The van der Waals surface area contributed by atoms with Gasteiger partial charge in [0, 0.05) is 6.54 Å². The summed E-state index contributed by atoms with van der Waals surface area (Å²) in [7, 11) is 0. The second kappa shape index (κ2) is 6.26. The first-order valence-corrected chi connectivity index (χ1v) is 5.65. The van der Waals surface area contributed by atoms with Gasteiger partial charge in [0.15, 0.2) is 0 Å². The molecule has 0 radical (unpaired) electrons. The number of hydrogen-bond acceptors (Lipinski definition) is 3. The number of aliphatic carboxylic acids is 1. The van der Waals surface area contributed by atoms with Crippen LogP contribution >= 0.6 is 0 Å². The first-order valence-electron chi connectivity index (χ1n) is 5.65. The van der Waals surface area contributed by atoms with E-state index in [4.69, 9.17) is 16.3 Å². The van der Waals surface area contributed by atoms with E-state index in [9.17, 15) is 9.59 Å². The second-order valence-corrected chi connectivity index (χ2v) is 4.02. The van der Waals surface area contributed by atoms with Crippen molar-refractivity contribution in [2.24, 2.45) is 5.92 Å². The average molecular weight is 239 g/mol. The van der Waals surface area contributed by atoms with Crippen LogP contribution in [0.5, 0.6) is 0 Å². The van der Waals surface area contributed by atoms with Gasteiger partial charge < -0.3 is 14.7 Å². The molecule has 1 fully saturated rings. The van der Waals surface area contributed by atoms with Gasteiger partial charge in [-0.15, -0.1) is 6.42 Å². The van der Waals surface area contributed by atoms with Gasteiger partial charge in [-0.25, -0.2) is 0 Å². The van der Waals surface area contributed by atoms with Crippen molar-refractivity contribution >= 4 is 11.9 Å². The van der Waals surface area contributed by atoms with E-state index in [2.05, 4.69) is 5.92 Å². The van der Waals surface area contributed by atoms with Crippen LogP contribution in [0.25, 0.3) is 0 Å². The lowest BCUT2D eigenvalue weighted by Gasteiger charge is -2.29. The zero-order chi connectivity index (χ0) is 12.8. The molecule has 1 amide bonds. The maximum atomic E-state index is 11.8. The highest BCUT2D eigenvalue weighted by Gasteiger charge is 2.39. The maximum Gasteiger partial charge on any atom is 0.311 e. The quantitative estimate of drug-likeness (QED) is 0.703. The van der Waals surface area contributed by atoms with Crippen molar-refractivity contribution in [3.8, 4) is 12.3 Å². The summed E-state index contributed by atoms with van der Waals surface area (Å²) in [5.41, 5.74) is 0. The minimum atomic E-state index is -0.929. The van der Waals surface area contributed by atoms with Crippen LogP contribution in [0.2, 0.25) is 0 Å². The molecule has 0 aromatic heterocycles. The molecule has 0 aliphatic carbocycles. The molecule has 2 unspecified atom stereocenters. The molecule has 94 valence electrons. The van der Waals surface area contributed by atoms with Crippen LogP contribution in [0.4, 0.5) is 0 Å². The Morgan fingerprint density at radius 1 is 1.53 bits per heavy atom. The lowest BCUT2D eigenvalue weighted by molar-refractivity contribution is -0.144. The Balaban J connectivity index is 2.79. The first-order chi connectivity index (χ1) is 8.11. The van der Waals surface area contributed by atoms with Gasteiger partial charge in [0.25, 0.3) is 0 Å². The standard InChI is InChI=1S/C12H17NO4/c1-3-5-11(14)13(6-4-2)10-8-17-7-9(10)12(15)16/h1,9-10H,4-8H2,2H3,(H,15,16). The number of carbonyl (C=O) groups excluding carboxylic acids is 1. The van der Waals surface area contributed by atoms with Gasteiger partial charge in [0.05, 0.1) is 25.7 Å². The number of terminal acetylenes is 1. The van der Waals surface area contributed by atoms with Crippen LogP contribution in [0.15, 0.2) is 0 Å². The van der Waals surface area contributed by atoms with E-state index in [1.165, 1.54) is 0 Å². The van der Waals surface area contributed by atoms with E-state index in [0.717, 1.165) is 6.42 Å². The van der Waals surface area contributed by atoms with Crippen LogP contribution in [0.1, 0.15) is 19.8 Å². The van der Waals surface area contributed by atoms with Crippen LogP contribution in [-0.2, 0) is 14.3 Å². The minimum Gasteiger partial charge on any atom is -0.481 e. The van der Waals surface area contributed by atoms with Gasteiger partial charge in [0.1, 0.15) is 5.92 Å². The third-order valence-corrected chi connectivity index (χ3v) is 2.81. The largest absolute Gasteiger partial charge is 0.481 e. The Hall–Kier alpha value is -1.54. The van der Waals surface area contributed by atoms with Crippen molar-refractivity contribution < 1.29 is 19.4 Å². The number of carboxylic acids is 1. The number of rotatable bonds is 5. The highest BCUT2D eigenvalue weighted by molar-refractivity contribution is 5.80. The van der Waals surface area contributed by atoms with Gasteiger partial charge in [-0.2, -0.15) is 0 Å². The lowest BCUT2D eigenvalue weighted by Crippen LogP contribution is -2.46. The molecule has 17 heavy (non-hydrogen) atoms. The normalized spacial score (nSPS) is 23.1. The second-order valence-electron chi connectivity index (χ2n) is 4.02. The van der Waals surface area contributed by atoms with Gasteiger partial charge >= 0.3 is 5.97 Å². The first kappa shape index (κ1) is 13.5. The summed E-state index contributed by atoms with van der Waals surface area (Å²) < 4.78 is 5.16. The van der Waals surface area contributed by atoms with Crippen LogP contribution < -0.4 is 0 Å². The molecule has 1 rings (SSSR count).